The number of pyridine rings is 1. The highest BCUT2D eigenvalue weighted by Gasteiger charge is 2.00. The molecule has 1 rings (SSSR count). The Morgan fingerprint density at radius 1 is 1.70 bits per heavy atom. The molecule has 1 aromatic rings. The van der Waals surface area contributed by atoms with E-state index in [0.717, 1.165) is 6.20 Å². The summed E-state index contributed by atoms with van der Waals surface area (Å²) in [4.78, 5) is 3.56. The summed E-state index contributed by atoms with van der Waals surface area (Å²) in [5.41, 5.74) is 0.528. The first-order valence-electron chi connectivity index (χ1n) is 2.60. The Labute approximate surface area is 71.4 Å². The maximum absolute atomic E-state index is 12.6. The molecule has 0 spiro atoms. The van der Waals surface area contributed by atoms with Crippen LogP contribution in [0.25, 0.3) is 0 Å². The molecule has 0 unspecified atom stereocenters. The minimum Gasteiger partial charge on any atom is -0.242 e. The lowest BCUT2D eigenvalue weighted by Crippen LogP contribution is -1.87. The van der Waals surface area contributed by atoms with Crippen LogP contribution in [0, 0.1) is 5.82 Å². The van der Waals surface area contributed by atoms with Gasteiger partial charge >= 0.3 is 0 Å². The van der Waals surface area contributed by atoms with Gasteiger partial charge in [0.15, 0.2) is 0 Å². The van der Waals surface area contributed by atoms with Crippen molar-refractivity contribution in [3.8, 4) is 0 Å². The molecule has 0 saturated heterocycles. The second kappa shape index (κ2) is 3.30. The van der Waals surface area contributed by atoms with Crippen LogP contribution in [0.1, 0.15) is 5.56 Å². The maximum Gasteiger partial charge on any atom is 0.145 e. The molecular weight excluding hydrogens is 220 g/mol. The first-order chi connectivity index (χ1) is 4.74. The third-order valence-corrected chi connectivity index (χ3v) is 1.86. The van der Waals surface area contributed by atoms with Crippen molar-refractivity contribution in [2.45, 2.75) is 5.33 Å². The van der Waals surface area contributed by atoms with Crippen molar-refractivity contribution in [2.75, 3.05) is 0 Å². The van der Waals surface area contributed by atoms with Gasteiger partial charge in [-0.05, 0) is 6.07 Å². The summed E-state index contributed by atoms with van der Waals surface area (Å²) in [6.07, 6.45) is 1.11. The summed E-state index contributed by atoms with van der Waals surface area (Å²) in [5, 5.41) is 0.775. The first-order valence-corrected chi connectivity index (χ1v) is 4.10. The largest absolute Gasteiger partial charge is 0.242 e. The molecule has 1 heterocycles. The molecular formula is C6H4BrClFN. The Hall–Kier alpha value is -0.150. The average molecular weight is 224 g/mol. The number of alkyl halides is 1. The second-order valence-electron chi connectivity index (χ2n) is 1.73. The van der Waals surface area contributed by atoms with Gasteiger partial charge in [0.1, 0.15) is 11.0 Å². The van der Waals surface area contributed by atoms with Crippen LogP contribution in [0.2, 0.25) is 5.15 Å². The molecule has 0 amide bonds. The van der Waals surface area contributed by atoms with Crippen LogP contribution < -0.4 is 0 Å². The standard InChI is InChI=1S/C6H4BrClFN/c7-2-4-1-6(8)10-3-5(4)9/h1,3H,2H2. The summed E-state index contributed by atoms with van der Waals surface area (Å²) >= 11 is 8.61. The summed E-state index contributed by atoms with van der Waals surface area (Å²) in [7, 11) is 0. The highest BCUT2D eigenvalue weighted by molar-refractivity contribution is 9.08. The molecule has 10 heavy (non-hydrogen) atoms. The van der Waals surface area contributed by atoms with Gasteiger partial charge in [0, 0.05) is 10.9 Å². The number of hydrogen-bond donors (Lipinski definition) is 0. The molecule has 54 valence electrons. The number of halogens is 3. The van der Waals surface area contributed by atoms with Gasteiger partial charge in [0.25, 0.3) is 0 Å². The Morgan fingerprint density at radius 2 is 2.40 bits per heavy atom. The third kappa shape index (κ3) is 1.67. The third-order valence-electron chi connectivity index (χ3n) is 1.05. The lowest BCUT2D eigenvalue weighted by atomic mass is 10.3. The fraction of sp³-hybridized carbons (Fsp3) is 0.167. The van der Waals surface area contributed by atoms with E-state index in [9.17, 15) is 4.39 Å². The number of hydrogen-bond acceptors (Lipinski definition) is 1. The van der Waals surface area contributed by atoms with E-state index in [2.05, 4.69) is 20.9 Å². The van der Waals surface area contributed by atoms with Gasteiger partial charge in [0.05, 0.1) is 6.20 Å². The Bertz CT molecular complexity index is 241. The molecule has 0 saturated carbocycles. The monoisotopic (exact) mass is 223 g/mol. The predicted molar refractivity (Wildman–Crippen MR) is 41.8 cm³/mol. The predicted octanol–water partition coefficient (Wildman–Crippen LogP) is 2.77. The van der Waals surface area contributed by atoms with Crippen molar-refractivity contribution in [3.05, 3.63) is 28.8 Å². The van der Waals surface area contributed by atoms with Crippen LogP contribution in [-0.4, -0.2) is 4.98 Å². The molecule has 0 atom stereocenters. The zero-order valence-corrected chi connectivity index (χ0v) is 7.28. The zero-order valence-electron chi connectivity index (χ0n) is 4.94. The lowest BCUT2D eigenvalue weighted by Gasteiger charge is -1.96. The Kier molecular flexibility index (Phi) is 2.63. The molecule has 0 N–H and O–H groups in total. The number of rotatable bonds is 1. The highest BCUT2D eigenvalue weighted by Crippen LogP contribution is 2.13. The first kappa shape index (κ1) is 7.95. The minimum absolute atomic E-state index is 0.316. The van der Waals surface area contributed by atoms with Crippen LogP contribution in [0.15, 0.2) is 12.3 Å². The van der Waals surface area contributed by atoms with Crippen molar-refractivity contribution in [1.82, 2.24) is 4.98 Å². The van der Waals surface area contributed by atoms with Gasteiger partial charge in [-0.15, -0.1) is 0 Å². The van der Waals surface area contributed by atoms with Gasteiger partial charge in [-0.25, -0.2) is 9.37 Å². The van der Waals surface area contributed by atoms with Crippen molar-refractivity contribution >= 4 is 27.5 Å². The SMILES string of the molecule is Fc1cnc(Cl)cc1CBr. The van der Waals surface area contributed by atoms with Crippen molar-refractivity contribution in [2.24, 2.45) is 0 Å². The topological polar surface area (TPSA) is 12.9 Å². The van der Waals surface area contributed by atoms with Crippen LogP contribution in [0.3, 0.4) is 0 Å². The van der Waals surface area contributed by atoms with Crippen LogP contribution in [-0.2, 0) is 5.33 Å². The second-order valence-corrected chi connectivity index (χ2v) is 2.68. The van der Waals surface area contributed by atoms with Crippen LogP contribution in [0.4, 0.5) is 4.39 Å². The molecule has 0 bridgehead atoms. The maximum atomic E-state index is 12.6. The molecule has 0 aliphatic heterocycles. The molecule has 0 fully saturated rings. The van der Waals surface area contributed by atoms with Gasteiger partial charge in [-0.1, -0.05) is 27.5 Å². The smallest absolute Gasteiger partial charge is 0.145 e. The summed E-state index contributed by atoms with van der Waals surface area (Å²) in [6.45, 7) is 0. The van der Waals surface area contributed by atoms with E-state index in [1.54, 1.807) is 0 Å². The van der Waals surface area contributed by atoms with E-state index >= 15 is 0 Å². The minimum atomic E-state index is -0.332. The van der Waals surface area contributed by atoms with Crippen LogP contribution in [0.5, 0.6) is 0 Å². The van der Waals surface area contributed by atoms with Gasteiger partial charge in [0.2, 0.25) is 0 Å². The molecule has 4 heteroatoms. The van der Waals surface area contributed by atoms with Gasteiger partial charge in [-0.2, -0.15) is 0 Å². The van der Waals surface area contributed by atoms with Gasteiger partial charge < -0.3 is 0 Å². The fourth-order valence-electron chi connectivity index (χ4n) is 0.554. The van der Waals surface area contributed by atoms with Crippen molar-refractivity contribution < 1.29 is 4.39 Å². The fourth-order valence-corrected chi connectivity index (χ4v) is 1.16. The molecule has 0 aliphatic carbocycles. The normalized spacial score (nSPS) is 9.90. The van der Waals surface area contributed by atoms with Crippen LogP contribution >= 0.6 is 27.5 Å². The molecule has 0 radical (unpaired) electrons. The molecule has 0 aromatic carbocycles. The van der Waals surface area contributed by atoms with Crippen molar-refractivity contribution in [1.29, 1.82) is 0 Å². The van der Waals surface area contributed by atoms with E-state index < -0.39 is 0 Å². The Morgan fingerprint density at radius 3 is 2.90 bits per heavy atom. The van der Waals surface area contributed by atoms with E-state index in [0.29, 0.717) is 16.0 Å². The quantitative estimate of drug-likeness (QED) is 0.528. The van der Waals surface area contributed by atoms with Gasteiger partial charge in [-0.3, -0.25) is 0 Å². The number of aromatic nitrogens is 1. The Balaban J connectivity index is 3.09. The zero-order chi connectivity index (χ0) is 7.56. The summed E-state index contributed by atoms with van der Waals surface area (Å²) in [5.74, 6) is -0.332. The summed E-state index contributed by atoms with van der Waals surface area (Å²) < 4.78 is 12.6. The lowest BCUT2D eigenvalue weighted by molar-refractivity contribution is 0.611. The van der Waals surface area contributed by atoms with E-state index in [1.807, 2.05) is 0 Å². The van der Waals surface area contributed by atoms with Crippen molar-refractivity contribution in [3.63, 3.8) is 0 Å². The molecule has 0 aliphatic rings. The van der Waals surface area contributed by atoms with E-state index in [4.69, 9.17) is 11.6 Å². The molecule has 1 aromatic heterocycles. The van der Waals surface area contributed by atoms with E-state index in [1.165, 1.54) is 6.07 Å². The summed E-state index contributed by atoms with van der Waals surface area (Å²) in [6, 6.07) is 1.49. The van der Waals surface area contributed by atoms with E-state index in [-0.39, 0.29) is 5.82 Å². The molecule has 1 nitrogen and oxygen atoms in total. The average Bonchev–Trinajstić information content (AvgIpc) is 1.94. The number of nitrogens with zero attached hydrogens (tertiary/aromatic N) is 1. The highest BCUT2D eigenvalue weighted by atomic mass is 79.9.